The molecule has 1 nitrogen and oxygen atoms in total. The monoisotopic (exact) mass is 162 g/mol. The number of alkyl halides is 1. The fourth-order valence-electron chi connectivity index (χ4n) is 1.36. The minimum absolute atomic E-state index is 0.559. The Morgan fingerprint density at radius 2 is 2.00 bits per heavy atom. The maximum Gasteiger partial charge on any atom is 0.0575 e. The third-order valence-corrected chi connectivity index (χ3v) is 2.20. The number of hydrogen-bond acceptors (Lipinski definition) is 1. The Labute approximate surface area is 67.7 Å². The summed E-state index contributed by atoms with van der Waals surface area (Å²) in [6.07, 6.45) is 6.79. The standard InChI is InChI=1S/C8H15ClO/c9-6-3-7-10-8-4-1-2-5-8/h8H,1-7H2. The Kier molecular flexibility index (Phi) is 4.15. The van der Waals surface area contributed by atoms with Gasteiger partial charge in [0.1, 0.15) is 0 Å². The molecule has 0 heterocycles. The van der Waals surface area contributed by atoms with Gasteiger partial charge < -0.3 is 4.74 Å². The molecule has 1 rings (SSSR count). The predicted molar refractivity (Wildman–Crippen MR) is 43.5 cm³/mol. The summed E-state index contributed by atoms with van der Waals surface area (Å²) in [5.41, 5.74) is 0. The van der Waals surface area contributed by atoms with Gasteiger partial charge in [-0.25, -0.2) is 0 Å². The third kappa shape index (κ3) is 2.89. The highest BCUT2D eigenvalue weighted by Crippen LogP contribution is 2.20. The van der Waals surface area contributed by atoms with Gasteiger partial charge in [-0.05, 0) is 19.3 Å². The van der Waals surface area contributed by atoms with Gasteiger partial charge in [-0.3, -0.25) is 0 Å². The van der Waals surface area contributed by atoms with Gasteiger partial charge in [0.05, 0.1) is 6.10 Å². The fraction of sp³-hybridized carbons (Fsp3) is 1.00. The lowest BCUT2D eigenvalue weighted by Crippen LogP contribution is -2.08. The van der Waals surface area contributed by atoms with Gasteiger partial charge in [-0.2, -0.15) is 0 Å². The van der Waals surface area contributed by atoms with E-state index in [1.165, 1.54) is 25.7 Å². The van der Waals surface area contributed by atoms with Gasteiger partial charge in [0.15, 0.2) is 0 Å². The van der Waals surface area contributed by atoms with Crippen LogP contribution >= 0.6 is 11.6 Å². The summed E-state index contributed by atoms with van der Waals surface area (Å²) < 4.78 is 5.56. The van der Waals surface area contributed by atoms with Gasteiger partial charge in [0, 0.05) is 12.5 Å². The van der Waals surface area contributed by atoms with Crippen LogP contribution in [0.4, 0.5) is 0 Å². The van der Waals surface area contributed by atoms with E-state index >= 15 is 0 Å². The van der Waals surface area contributed by atoms with Gasteiger partial charge in [0.25, 0.3) is 0 Å². The average Bonchev–Trinajstić information content (AvgIpc) is 2.41. The molecule has 1 aliphatic carbocycles. The molecular weight excluding hydrogens is 148 g/mol. The summed E-state index contributed by atoms with van der Waals surface area (Å²) >= 11 is 5.51. The van der Waals surface area contributed by atoms with E-state index in [2.05, 4.69) is 0 Å². The summed E-state index contributed by atoms with van der Waals surface area (Å²) in [6.45, 7) is 0.855. The third-order valence-electron chi connectivity index (χ3n) is 1.93. The predicted octanol–water partition coefficient (Wildman–Crippen LogP) is 2.57. The zero-order chi connectivity index (χ0) is 7.23. The van der Waals surface area contributed by atoms with E-state index in [4.69, 9.17) is 16.3 Å². The van der Waals surface area contributed by atoms with E-state index in [-0.39, 0.29) is 0 Å². The van der Waals surface area contributed by atoms with Crippen LogP contribution in [0.1, 0.15) is 32.1 Å². The number of halogens is 1. The summed E-state index contributed by atoms with van der Waals surface area (Å²) in [7, 11) is 0. The lowest BCUT2D eigenvalue weighted by atomic mass is 10.3. The van der Waals surface area contributed by atoms with Crippen molar-refractivity contribution in [1.82, 2.24) is 0 Å². The van der Waals surface area contributed by atoms with Crippen molar-refractivity contribution < 1.29 is 4.74 Å². The lowest BCUT2D eigenvalue weighted by molar-refractivity contribution is 0.0593. The summed E-state index contributed by atoms with van der Waals surface area (Å²) in [6, 6.07) is 0. The Hall–Kier alpha value is 0.250. The lowest BCUT2D eigenvalue weighted by Gasteiger charge is -2.08. The molecule has 0 saturated heterocycles. The van der Waals surface area contributed by atoms with Gasteiger partial charge >= 0.3 is 0 Å². The molecule has 0 aromatic heterocycles. The largest absolute Gasteiger partial charge is 0.378 e. The van der Waals surface area contributed by atoms with Crippen LogP contribution in [-0.4, -0.2) is 18.6 Å². The van der Waals surface area contributed by atoms with E-state index < -0.39 is 0 Å². The molecule has 0 aromatic rings. The molecule has 0 spiro atoms. The Balaban J connectivity index is 1.91. The minimum Gasteiger partial charge on any atom is -0.378 e. The molecule has 1 fully saturated rings. The second-order valence-electron chi connectivity index (χ2n) is 2.82. The van der Waals surface area contributed by atoms with Crippen LogP contribution in [0.3, 0.4) is 0 Å². The summed E-state index contributed by atoms with van der Waals surface area (Å²) in [5.74, 6) is 0.729. The Bertz CT molecular complexity index is 79.3. The SMILES string of the molecule is ClCCCOC1CCCC1. The molecule has 1 aliphatic rings. The molecule has 0 aliphatic heterocycles. The van der Waals surface area contributed by atoms with E-state index in [9.17, 15) is 0 Å². The molecule has 60 valence electrons. The molecule has 0 aromatic carbocycles. The maximum atomic E-state index is 5.56. The van der Waals surface area contributed by atoms with Crippen LogP contribution in [0.25, 0.3) is 0 Å². The van der Waals surface area contributed by atoms with Crippen molar-refractivity contribution in [2.75, 3.05) is 12.5 Å². The molecule has 0 radical (unpaired) electrons. The molecule has 1 saturated carbocycles. The van der Waals surface area contributed by atoms with Crippen molar-refractivity contribution in [1.29, 1.82) is 0 Å². The molecule has 0 amide bonds. The van der Waals surface area contributed by atoms with Crippen molar-refractivity contribution in [3.8, 4) is 0 Å². The molecule has 10 heavy (non-hydrogen) atoms. The van der Waals surface area contributed by atoms with Crippen molar-refractivity contribution in [3.05, 3.63) is 0 Å². The van der Waals surface area contributed by atoms with Gasteiger partial charge in [-0.15, -0.1) is 11.6 Å². The summed E-state index contributed by atoms with van der Waals surface area (Å²) in [5, 5.41) is 0. The first-order valence-corrected chi connectivity index (χ1v) is 4.64. The van der Waals surface area contributed by atoms with Crippen molar-refractivity contribution in [3.63, 3.8) is 0 Å². The summed E-state index contributed by atoms with van der Waals surface area (Å²) in [4.78, 5) is 0. The van der Waals surface area contributed by atoms with E-state index in [0.717, 1.165) is 18.9 Å². The quantitative estimate of drug-likeness (QED) is 0.456. The zero-order valence-corrected chi connectivity index (χ0v) is 7.07. The first-order chi connectivity index (χ1) is 4.93. The zero-order valence-electron chi connectivity index (χ0n) is 6.31. The normalized spacial score (nSPS) is 20.1. The van der Waals surface area contributed by atoms with Crippen LogP contribution < -0.4 is 0 Å². The van der Waals surface area contributed by atoms with Crippen LogP contribution in [0.2, 0.25) is 0 Å². The second kappa shape index (κ2) is 4.97. The highest BCUT2D eigenvalue weighted by atomic mass is 35.5. The second-order valence-corrected chi connectivity index (χ2v) is 3.20. The van der Waals surface area contributed by atoms with Gasteiger partial charge in [0.2, 0.25) is 0 Å². The van der Waals surface area contributed by atoms with Crippen molar-refractivity contribution in [2.45, 2.75) is 38.2 Å². The minimum atomic E-state index is 0.559. The van der Waals surface area contributed by atoms with Crippen LogP contribution in [-0.2, 0) is 4.74 Å². The van der Waals surface area contributed by atoms with Crippen LogP contribution in [0.15, 0.2) is 0 Å². The van der Waals surface area contributed by atoms with Gasteiger partial charge in [-0.1, -0.05) is 12.8 Å². The molecule has 0 N–H and O–H groups in total. The van der Waals surface area contributed by atoms with Crippen LogP contribution in [0.5, 0.6) is 0 Å². The number of ether oxygens (including phenoxy) is 1. The number of rotatable bonds is 4. The average molecular weight is 163 g/mol. The fourth-order valence-corrected chi connectivity index (χ4v) is 1.47. The van der Waals surface area contributed by atoms with Crippen molar-refractivity contribution >= 4 is 11.6 Å². The highest BCUT2D eigenvalue weighted by Gasteiger charge is 2.14. The first kappa shape index (κ1) is 8.35. The topological polar surface area (TPSA) is 9.23 Å². The molecule has 0 bridgehead atoms. The Morgan fingerprint density at radius 1 is 1.30 bits per heavy atom. The first-order valence-electron chi connectivity index (χ1n) is 4.11. The highest BCUT2D eigenvalue weighted by molar-refractivity contribution is 6.17. The number of hydrogen-bond donors (Lipinski definition) is 0. The molecular formula is C8H15ClO. The van der Waals surface area contributed by atoms with E-state index in [1.807, 2.05) is 0 Å². The molecule has 2 heteroatoms. The smallest absolute Gasteiger partial charge is 0.0575 e. The maximum absolute atomic E-state index is 5.56. The van der Waals surface area contributed by atoms with E-state index in [1.54, 1.807) is 0 Å². The van der Waals surface area contributed by atoms with Crippen molar-refractivity contribution in [2.24, 2.45) is 0 Å². The van der Waals surface area contributed by atoms with E-state index in [0.29, 0.717) is 6.10 Å². The Morgan fingerprint density at radius 3 is 2.60 bits per heavy atom. The molecule has 0 atom stereocenters. The van der Waals surface area contributed by atoms with Crippen LogP contribution in [0, 0.1) is 0 Å². The molecule has 0 unspecified atom stereocenters.